The molecule has 4 fully saturated rings. The molecule has 0 spiro atoms. The van der Waals surface area contributed by atoms with Crippen LogP contribution in [0, 0.1) is 40.9 Å². The number of ether oxygens (including phenoxy) is 1. The lowest BCUT2D eigenvalue weighted by atomic mass is 9.49. The second-order valence-electron chi connectivity index (χ2n) is 12.1. The SMILES string of the molecule is COCC1(O)CCC2C(CCC3C2CCC2(C)C(C(=O)Cn4nnc5ccncc54)CCC32)C1. The van der Waals surface area contributed by atoms with Crippen molar-refractivity contribution in [3.8, 4) is 0 Å². The molecular formula is C27H38N4O3. The average molecular weight is 467 g/mol. The number of fused-ring (bicyclic) bond motifs is 6. The molecule has 8 unspecified atom stereocenters. The summed E-state index contributed by atoms with van der Waals surface area (Å²) < 4.78 is 7.08. The summed E-state index contributed by atoms with van der Waals surface area (Å²) in [6.07, 6.45) is 13.4. The predicted octanol–water partition coefficient (Wildman–Crippen LogP) is 4.04. The van der Waals surface area contributed by atoms with Gasteiger partial charge in [0.15, 0.2) is 5.78 Å². The summed E-state index contributed by atoms with van der Waals surface area (Å²) in [7, 11) is 1.70. The molecule has 34 heavy (non-hydrogen) atoms. The number of methoxy groups -OCH3 is 1. The normalized spacial score (nSPS) is 41.6. The molecule has 184 valence electrons. The first kappa shape index (κ1) is 22.6. The standard InChI is InChI=1S/C27H38N4O3/c1-26-10-7-19-18-8-11-27(33,16-34-2)13-17(18)3-4-20(19)21(26)5-6-22(26)25(32)15-31-24-14-28-12-9-23(24)29-30-31/h9,12,14,17-22,33H,3-8,10-11,13,15-16H2,1-2H3. The number of pyridine rings is 1. The Labute approximate surface area is 201 Å². The lowest BCUT2D eigenvalue weighted by Crippen LogP contribution is -2.52. The Bertz CT molecular complexity index is 1070. The van der Waals surface area contributed by atoms with Crippen LogP contribution in [0.3, 0.4) is 0 Å². The predicted molar refractivity (Wildman–Crippen MR) is 128 cm³/mol. The zero-order valence-corrected chi connectivity index (χ0v) is 20.5. The lowest BCUT2D eigenvalue weighted by Gasteiger charge is -2.57. The molecule has 2 heterocycles. The first-order valence-corrected chi connectivity index (χ1v) is 13.3. The van der Waals surface area contributed by atoms with E-state index in [2.05, 4.69) is 22.2 Å². The third-order valence-electron chi connectivity index (χ3n) is 10.5. The van der Waals surface area contributed by atoms with Gasteiger partial charge in [-0.05, 0) is 98.9 Å². The number of ketones is 1. The number of rotatable bonds is 5. The number of carbonyl (C=O) groups is 1. The van der Waals surface area contributed by atoms with Crippen LogP contribution in [0.1, 0.15) is 64.7 Å². The summed E-state index contributed by atoms with van der Waals surface area (Å²) in [6.45, 7) is 3.17. The number of nitrogens with zero attached hydrogens (tertiary/aromatic N) is 4. The first-order valence-electron chi connectivity index (χ1n) is 13.3. The monoisotopic (exact) mass is 466 g/mol. The van der Waals surface area contributed by atoms with E-state index in [1.165, 1.54) is 25.7 Å². The highest BCUT2D eigenvalue weighted by Gasteiger charge is 2.59. The number of carbonyl (C=O) groups excluding carboxylic acids is 1. The second-order valence-corrected chi connectivity index (χ2v) is 12.1. The smallest absolute Gasteiger partial charge is 0.157 e. The molecule has 0 amide bonds. The van der Waals surface area contributed by atoms with E-state index in [1.54, 1.807) is 24.2 Å². The molecule has 0 radical (unpaired) electrons. The second kappa shape index (κ2) is 8.37. The minimum Gasteiger partial charge on any atom is -0.387 e. The van der Waals surface area contributed by atoms with Crippen molar-refractivity contribution in [1.82, 2.24) is 20.0 Å². The number of Topliss-reactive ketones (excluding diaryl/α,β-unsaturated/α-hetero) is 1. The van der Waals surface area contributed by atoms with Crippen molar-refractivity contribution >= 4 is 16.8 Å². The number of aliphatic hydroxyl groups is 1. The summed E-state index contributed by atoms with van der Waals surface area (Å²) in [6, 6.07) is 1.84. The molecule has 7 nitrogen and oxygen atoms in total. The van der Waals surface area contributed by atoms with E-state index in [0.717, 1.165) is 60.9 Å². The Morgan fingerprint density at radius 1 is 1.15 bits per heavy atom. The first-order chi connectivity index (χ1) is 16.4. The average Bonchev–Trinajstić information content (AvgIpc) is 3.39. The van der Waals surface area contributed by atoms with Crippen LogP contribution < -0.4 is 0 Å². The van der Waals surface area contributed by atoms with Gasteiger partial charge in [0.25, 0.3) is 0 Å². The highest BCUT2D eigenvalue weighted by Crippen LogP contribution is 2.64. The van der Waals surface area contributed by atoms with E-state index in [9.17, 15) is 9.90 Å². The molecule has 0 bridgehead atoms. The Kier molecular flexibility index (Phi) is 5.56. The Morgan fingerprint density at radius 2 is 2.00 bits per heavy atom. The molecule has 0 aliphatic heterocycles. The molecule has 7 heteroatoms. The fourth-order valence-corrected chi connectivity index (χ4v) is 9.08. The zero-order chi connectivity index (χ0) is 23.5. The maximum absolute atomic E-state index is 13.6. The van der Waals surface area contributed by atoms with Crippen molar-refractivity contribution in [2.24, 2.45) is 40.9 Å². The molecule has 4 saturated carbocycles. The van der Waals surface area contributed by atoms with E-state index in [0.29, 0.717) is 30.8 Å². The fraction of sp³-hybridized carbons (Fsp3) is 0.778. The van der Waals surface area contributed by atoms with Crippen molar-refractivity contribution in [2.45, 2.75) is 76.9 Å². The minimum atomic E-state index is -0.627. The molecule has 1 N–H and O–H groups in total. The zero-order valence-electron chi connectivity index (χ0n) is 20.5. The van der Waals surface area contributed by atoms with Gasteiger partial charge in [0.05, 0.1) is 18.4 Å². The molecule has 4 aliphatic carbocycles. The van der Waals surface area contributed by atoms with Gasteiger partial charge in [-0.25, -0.2) is 4.68 Å². The van der Waals surface area contributed by atoms with Crippen LogP contribution in [0.2, 0.25) is 0 Å². The molecule has 4 aliphatic rings. The maximum atomic E-state index is 13.6. The molecule has 0 aromatic carbocycles. The van der Waals surface area contributed by atoms with E-state index in [-0.39, 0.29) is 11.3 Å². The van der Waals surface area contributed by atoms with Gasteiger partial charge in [-0.1, -0.05) is 12.1 Å². The van der Waals surface area contributed by atoms with E-state index >= 15 is 0 Å². The molecule has 6 rings (SSSR count). The van der Waals surface area contributed by atoms with Gasteiger partial charge in [0.1, 0.15) is 17.6 Å². The van der Waals surface area contributed by atoms with Crippen LogP contribution in [-0.4, -0.2) is 50.2 Å². The topological polar surface area (TPSA) is 90.1 Å². The van der Waals surface area contributed by atoms with Gasteiger partial charge in [-0.2, -0.15) is 0 Å². The van der Waals surface area contributed by atoms with Gasteiger partial charge >= 0.3 is 0 Å². The van der Waals surface area contributed by atoms with Gasteiger partial charge in [0, 0.05) is 19.2 Å². The van der Waals surface area contributed by atoms with Crippen LogP contribution in [-0.2, 0) is 16.1 Å². The van der Waals surface area contributed by atoms with Crippen molar-refractivity contribution in [3.63, 3.8) is 0 Å². The van der Waals surface area contributed by atoms with Crippen LogP contribution >= 0.6 is 0 Å². The summed E-state index contributed by atoms with van der Waals surface area (Å²) in [5.74, 6) is 3.96. The summed E-state index contributed by atoms with van der Waals surface area (Å²) in [4.78, 5) is 17.8. The maximum Gasteiger partial charge on any atom is 0.157 e. The van der Waals surface area contributed by atoms with Crippen LogP contribution in [0.5, 0.6) is 0 Å². The van der Waals surface area contributed by atoms with Gasteiger partial charge in [-0.3, -0.25) is 9.78 Å². The number of aromatic nitrogens is 4. The quantitative estimate of drug-likeness (QED) is 0.715. The molecular weight excluding hydrogens is 428 g/mol. The number of hydrogen-bond acceptors (Lipinski definition) is 6. The van der Waals surface area contributed by atoms with Crippen molar-refractivity contribution < 1.29 is 14.6 Å². The highest BCUT2D eigenvalue weighted by molar-refractivity contribution is 5.84. The largest absolute Gasteiger partial charge is 0.387 e. The summed E-state index contributed by atoms with van der Waals surface area (Å²) in [5.41, 5.74) is 1.10. The highest BCUT2D eigenvalue weighted by atomic mass is 16.5. The van der Waals surface area contributed by atoms with Gasteiger partial charge < -0.3 is 9.84 Å². The Balaban J connectivity index is 1.17. The molecule has 0 saturated heterocycles. The lowest BCUT2D eigenvalue weighted by molar-refractivity contribution is -0.136. The number of hydrogen-bond donors (Lipinski definition) is 1. The molecule has 8 atom stereocenters. The van der Waals surface area contributed by atoms with Crippen molar-refractivity contribution in [2.75, 3.05) is 13.7 Å². The van der Waals surface area contributed by atoms with Crippen molar-refractivity contribution in [1.29, 1.82) is 0 Å². The van der Waals surface area contributed by atoms with Gasteiger partial charge in [-0.15, -0.1) is 5.10 Å². The Morgan fingerprint density at radius 3 is 2.85 bits per heavy atom. The third kappa shape index (κ3) is 3.53. The fourth-order valence-electron chi connectivity index (χ4n) is 9.08. The third-order valence-corrected chi connectivity index (χ3v) is 10.5. The van der Waals surface area contributed by atoms with Gasteiger partial charge in [0.2, 0.25) is 0 Å². The van der Waals surface area contributed by atoms with E-state index in [1.807, 2.05) is 6.07 Å². The van der Waals surface area contributed by atoms with Crippen LogP contribution in [0.15, 0.2) is 18.5 Å². The van der Waals surface area contributed by atoms with Crippen molar-refractivity contribution in [3.05, 3.63) is 18.5 Å². The molecule has 2 aromatic rings. The van der Waals surface area contributed by atoms with E-state index < -0.39 is 5.60 Å². The van der Waals surface area contributed by atoms with Crippen LogP contribution in [0.4, 0.5) is 0 Å². The van der Waals surface area contributed by atoms with E-state index in [4.69, 9.17) is 4.74 Å². The Hall–Kier alpha value is -1.86. The molecule has 2 aromatic heterocycles. The minimum absolute atomic E-state index is 0.102. The van der Waals surface area contributed by atoms with Crippen LogP contribution in [0.25, 0.3) is 11.0 Å². The summed E-state index contributed by atoms with van der Waals surface area (Å²) in [5, 5.41) is 19.4. The summed E-state index contributed by atoms with van der Waals surface area (Å²) >= 11 is 0.